The highest BCUT2D eigenvalue weighted by molar-refractivity contribution is 5.95. The van der Waals surface area contributed by atoms with Crippen LogP contribution in [-0.4, -0.2) is 23.0 Å². The zero-order valence-electron chi connectivity index (χ0n) is 21.7. The van der Waals surface area contributed by atoms with Crippen molar-refractivity contribution in [3.8, 4) is 0 Å². The topological polar surface area (TPSA) is 41.1 Å². The average molecular weight is 441 g/mol. The lowest BCUT2D eigenvalue weighted by atomic mass is 9.45. The maximum Gasteiger partial charge on any atom is 0.247 e. The Labute approximate surface area is 197 Å². The number of piperidine rings is 1. The summed E-state index contributed by atoms with van der Waals surface area (Å²) in [6, 6.07) is 0.255. The molecular formula is C29H48N2O. The number of rotatable bonds is 2. The molecule has 4 unspecified atom stereocenters. The van der Waals surface area contributed by atoms with Crippen LogP contribution in [0.15, 0.2) is 11.6 Å². The second-order valence-corrected chi connectivity index (χ2v) is 14.2. The van der Waals surface area contributed by atoms with E-state index in [2.05, 4.69) is 58.3 Å². The van der Waals surface area contributed by atoms with Crippen molar-refractivity contribution >= 4 is 5.91 Å². The van der Waals surface area contributed by atoms with Gasteiger partial charge in [0, 0.05) is 28.1 Å². The SMILES string of the molecule is CC1(C)CC(NC(=O)C2=CCC3C4CCC5CCCC[C@]5(C)C4CC[C@]23C)CC(C)(C)N1. The van der Waals surface area contributed by atoms with Gasteiger partial charge in [-0.15, -0.1) is 0 Å². The van der Waals surface area contributed by atoms with Crippen molar-refractivity contribution in [1.82, 2.24) is 10.6 Å². The molecule has 1 heterocycles. The molecule has 1 aliphatic heterocycles. The summed E-state index contributed by atoms with van der Waals surface area (Å²) in [4.78, 5) is 13.6. The van der Waals surface area contributed by atoms with Gasteiger partial charge in [-0.2, -0.15) is 0 Å². The largest absolute Gasteiger partial charge is 0.349 e. The van der Waals surface area contributed by atoms with Gasteiger partial charge in [0.05, 0.1) is 0 Å². The molecule has 1 saturated heterocycles. The first-order chi connectivity index (χ1) is 14.9. The van der Waals surface area contributed by atoms with Gasteiger partial charge >= 0.3 is 0 Å². The summed E-state index contributed by atoms with van der Waals surface area (Å²) >= 11 is 0. The summed E-state index contributed by atoms with van der Waals surface area (Å²) in [5.74, 6) is 3.60. The molecule has 180 valence electrons. The fraction of sp³-hybridized carbons (Fsp3) is 0.897. The van der Waals surface area contributed by atoms with E-state index in [-0.39, 0.29) is 28.4 Å². The van der Waals surface area contributed by atoms with E-state index in [4.69, 9.17) is 0 Å². The van der Waals surface area contributed by atoms with Crippen LogP contribution >= 0.6 is 0 Å². The first-order valence-corrected chi connectivity index (χ1v) is 13.7. The molecule has 6 atom stereocenters. The fourth-order valence-corrected chi connectivity index (χ4v) is 9.90. The molecule has 4 aliphatic carbocycles. The molecule has 3 nitrogen and oxygen atoms in total. The van der Waals surface area contributed by atoms with Crippen LogP contribution in [0.1, 0.15) is 112 Å². The molecule has 0 bridgehead atoms. The van der Waals surface area contributed by atoms with Crippen LogP contribution in [0, 0.1) is 34.5 Å². The van der Waals surface area contributed by atoms with Crippen molar-refractivity contribution in [3.63, 3.8) is 0 Å². The summed E-state index contributed by atoms with van der Waals surface area (Å²) in [7, 11) is 0. The Kier molecular flexibility index (Phi) is 5.44. The lowest BCUT2D eigenvalue weighted by Gasteiger charge is -2.60. The minimum atomic E-state index is 0.0579. The first-order valence-electron chi connectivity index (χ1n) is 13.7. The van der Waals surface area contributed by atoms with Gasteiger partial charge in [-0.05, 0) is 115 Å². The van der Waals surface area contributed by atoms with Gasteiger partial charge in [0.1, 0.15) is 0 Å². The van der Waals surface area contributed by atoms with Crippen LogP contribution in [-0.2, 0) is 4.79 Å². The Morgan fingerprint density at radius 2 is 1.62 bits per heavy atom. The van der Waals surface area contributed by atoms with E-state index in [1.54, 1.807) is 0 Å². The van der Waals surface area contributed by atoms with E-state index < -0.39 is 0 Å². The molecule has 0 spiro atoms. The van der Waals surface area contributed by atoms with E-state index in [1.165, 1.54) is 51.4 Å². The monoisotopic (exact) mass is 440 g/mol. The third-order valence-corrected chi connectivity index (χ3v) is 10.9. The maximum absolute atomic E-state index is 13.6. The Morgan fingerprint density at radius 3 is 2.34 bits per heavy atom. The molecule has 0 aromatic heterocycles. The predicted molar refractivity (Wildman–Crippen MR) is 132 cm³/mol. The van der Waals surface area contributed by atoms with Crippen LogP contribution in [0.4, 0.5) is 0 Å². The highest BCUT2D eigenvalue weighted by atomic mass is 16.1. The fourth-order valence-electron chi connectivity index (χ4n) is 9.90. The smallest absolute Gasteiger partial charge is 0.247 e. The number of hydrogen-bond acceptors (Lipinski definition) is 2. The minimum Gasteiger partial charge on any atom is -0.349 e. The highest BCUT2D eigenvalue weighted by Crippen LogP contribution is 2.66. The van der Waals surface area contributed by atoms with Crippen LogP contribution < -0.4 is 10.6 Å². The molecular weight excluding hydrogens is 392 g/mol. The Morgan fingerprint density at radius 1 is 0.906 bits per heavy atom. The summed E-state index contributed by atoms with van der Waals surface area (Å²) < 4.78 is 0. The molecule has 5 rings (SSSR count). The third-order valence-electron chi connectivity index (χ3n) is 10.9. The van der Waals surface area contributed by atoms with Crippen molar-refractivity contribution < 1.29 is 4.79 Å². The standard InChI is InChI=1S/C29H48N2O/c1-26(2)17-20(18-27(3,4)31-26)30-25(32)24-13-12-22-21-11-10-19-9-7-8-15-28(19,5)23(21)14-16-29(22,24)6/h13,19-23,31H,7-12,14-18H2,1-6H3,(H,30,32)/t19?,21?,22?,23?,28-,29-/m0/s1. The van der Waals surface area contributed by atoms with Gasteiger partial charge in [0.2, 0.25) is 5.91 Å². The molecule has 3 heteroatoms. The highest BCUT2D eigenvalue weighted by Gasteiger charge is 2.58. The zero-order chi connectivity index (χ0) is 22.9. The molecule has 2 N–H and O–H groups in total. The van der Waals surface area contributed by atoms with Crippen molar-refractivity contribution in [3.05, 3.63) is 11.6 Å². The van der Waals surface area contributed by atoms with Crippen molar-refractivity contribution in [2.45, 2.75) is 129 Å². The average Bonchev–Trinajstić information content (AvgIpc) is 3.02. The number of amides is 1. The normalized spacial score (nSPS) is 45.2. The Hall–Kier alpha value is -0.830. The molecule has 4 fully saturated rings. The number of hydrogen-bond donors (Lipinski definition) is 2. The lowest BCUT2D eigenvalue weighted by Crippen LogP contribution is -2.62. The van der Waals surface area contributed by atoms with Gasteiger partial charge in [-0.25, -0.2) is 0 Å². The molecule has 0 aromatic carbocycles. The van der Waals surface area contributed by atoms with Crippen molar-refractivity contribution in [1.29, 1.82) is 0 Å². The summed E-state index contributed by atoms with van der Waals surface area (Å²) in [5.41, 5.74) is 1.90. The quantitative estimate of drug-likeness (QED) is 0.523. The van der Waals surface area contributed by atoms with E-state index in [0.29, 0.717) is 11.3 Å². The lowest BCUT2D eigenvalue weighted by molar-refractivity contribution is -0.123. The number of fused-ring (bicyclic) bond motifs is 5. The van der Waals surface area contributed by atoms with E-state index >= 15 is 0 Å². The number of nitrogens with one attached hydrogen (secondary N) is 2. The predicted octanol–water partition coefficient (Wildman–Crippen LogP) is 6.38. The van der Waals surface area contributed by atoms with Crippen LogP contribution in [0.3, 0.4) is 0 Å². The van der Waals surface area contributed by atoms with E-state index in [1.807, 2.05) is 0 Å². The Bertz CT molecular complexity index is 781. The summed E-state index contributed by atoms with van der Waals surface area (Å²) in [6.07, 6.45) is 16.7. The van der Waals surface area contributed by atoms with Crippen LogP contribution in [0.5, 0.6) is 0 Å². The molecule has 32 heavy (non-hydrogen) atoms. The minimum absolute atomic E-state index is 0.0579. The molecule has 3 saturated carbocycles. The van der Waals surface area contributed by atoms with Crippen molar-refractivity contribution in [2.75, 3.05) is 0 Å². The molecule has 5 aliphatic rings. The molecule has 1 amide bonds. The van der Waals surface area contributed by atoms with Crippen molar-refractivity contribution in [2.24, 2.45) is 34.5 Å². The maximum atomic E-state index is 13.6. The van der Waals surface area contributed by atoms with E-state index in [0.717, 1.165) is 42.6 Å². The van der Waals surface area contributed by atoms with Gasteiger partial charge < -0.3 is 10.6 Å². The van der Waals surface area contributed by atoms with Gasteiger partial charge in [0.25, 0.3) is 0 Å². The van der Waals surface area contributed by atoms with Gasteiger partial charge in [0.15, 0.2) is 0 Å². The molecule has 0 aromatic rings. The Balaban J connectivity index is 1.31. The number of allylic oxidation sites excluding steroid dienone is 1. The van der Waals surface area contributed by atoms with Crippen LogP contribution in [0.25, 0.3) is 0 Å². The summed E-state index contributed by atoms with van der Waals surface area (Å²) in [5, 5.41) is 7.26. The van der Waals surface area contributed by atoms with Gasteiger partial charge in [-0.1, -0.05) is 32.8 Å². The second kappa shape index (κ2) is 7.59. The first kappa shape index (κ1) is 22.9. The summed E-state index contributed by atoms with van der Waals surface area (Å²) in [6.45, 7) is 14.2. The van der Waals surface area contributed by atoms with Crippen LogP contribution in [0.2, 0.25) is 0 Å². The number of carbonyl (C=O) groups is 1. The second-order valence-electron chi connectivity index (χ2n) is 14.2. The van der Waals surface area contributed by atoms with Gasteiger partial charge in [-0.3, -0.25) is 4.79 Å². The number of carbonyl (C=O) groups excluding carboxylic acids is 1. The van der Waals surface area contributed by atoms with E-state index in [9.17, 15) is 4.79 Å². The zero-order valence-corrected chi connectivity index (χ0v) is 21.7. The third kappa shape index (κ3) is 3.69. The molecule has 0 radical (unpaired) electrons.